The molecule has 0 aromatic rings. The zero-order valence-corrected chi connectivity index (χ0v) is 13.0. The lowest BCUT2D eigenvalue weighted by atomic mass is 9.74. The third kappa shape index (κ3) is 4.72. The molecule has 0 saturated heterocycles. The summed E-state index contributed by atoms with van der Waals surface area (Å²) < 4.78 is 0. The Kier molecular flexibility index (Phi) is 6.07. The molecule has 0 aromatic heterocycles. The highest BCUT2D eigenvalue weighted by molar-refractivity contribution is 5.79. The third-order valence-corrected chi connectivity index (χ3v) is 5.34. The Labute approximate surface area is 127 Å². The van der Waals surface area contributed by atoms with E-state index in [2.05, 4.69) is 5.32 Å². The van der Waals surface area contributed by atoms with E-state index in [0.717, 1.165) is 32.1 Å². The molecule has 120 valence electrons. The Hall–Kier alpha value is -1.06. The number of hydrogen-bond donors (Lipinski definition) is 2. The first-order valence-electron chi connectivity index (χ1n) is 8.62. The van der Waals surface area contributed by atoms with Crippen molar-refractivity contribution in [2.75, 3.05) is 6.54 Å². The van der Waals surface area contributed by atoms with E-state index in [-0.39, 0.29) is 5.91 Å². The summed E-state index contributed by atoms with van der Waals surface area (Å²) in [5, 5.41) is 12.4. The molecule has 0 radical (unpaired) electrons. The van der Waals surface area contributed by atoms with Crippen LogP contribution in [0.3, 0.4) is 0 Å². The summed E-state index contributed by atoms with van der Waals surface area (Å²) >= 11 is 0. The van der Waals surface area contributed by atoms with Gasteiger partial charge >= 0.3 is 5.97 Å². The molecule has 0 atom stereocenters. The summed E-state index contributed by atoms with van der Waals surface area (Å²) in [5.41, 5.74) is -0.711. The summed E-state index contributed by atoms with van der Waals surface area (Å²) in [4.78, 5) is 23.7. The number of carboxylic acid groups (broad SMARTS) is 1. The molecule has 0 aliphatic heterocycles. The first kappa shape index (κ1) is 16.3. The molecular formula is C17H29NO3. The Morgan fingerprint density at radius 1 is 0.952 bits per heavy atom. The molecule has 2 aliphatic rings. The van der Waals surface area contributed by atoms with Crippen molar-refractivity contribution in [2.24, 2.45) is 11.3 Å². The smallest absolute Gasteiger partial charge is 0.311 e. The van der Waals surface area contributed by atoms with Gasteiger partial charge in [-0.15, -0.1) is 0 Å². The van der Waals surface area contributed by atoms with Crippen LogP contribution < -0.4 is 5.32 Å². The molecule has 2 rings (SSSR count). The average molecular weight is 295 g/mol. The Morgan fingerprint density at radius 3 is 2.10 bits per heavy atom. The molecule has 2 saturated carbocycles. The third-order valence-electron chi connectivity index (χ3n) is 5.34. The maximum atomic E-state index is 12.1. The molecule has 0 unspecified atom stereocenters. The average Bonchev–Trinajstić information content (AvgIpc) is 2.74. The normalized spacial score (nSPS) is 23.2. The topological polar surface area (TPSA) is 66.4 Å². The second-order valence-electron chi connectivity index (χ2n) is 6.98. The second kappa shape index (κ2) is 7.81. The van der Waals surface area contributed by atoms with E-state index in [9.17, 15) is 14.7 Å². The lowest BCUT2D eigenvalue weighted by Crippen LogP contribution is -2.44. The van der Waals surface area contributed by atoms with Gasteiger partial charge in [0.05, 0.1) is 5.41 Å². The molecule has 0 spiro atoms. The summed E-state index contributed by atoms with van der Waals surface area (Å²) in [6, 6.07) is 0. The summed E-state index contributed by atoms with van der Waals surface area (Å²) in [6.45, 7) is 0.313. The number of carbonyl (C=O) groups excluding carboxylic acids is 1. The van der Waals surface area contributed by atoms with Crippen LogP contribution in [-0.4, -0.2) is 23.5 Å². The van der Waals surface area contributed by atoms with Gasteiger partial charge in [-0.25, -0.2) is 0 Å². The molecular weight excluding hydrogens is 266 g/mol. The largest absolute Gasteiger partial charge is 0.481 e. The minimum absolute atomic E-state index is 0.0492. The van der Waals surface area contributed by atoms with E-state index in [0.29, 0.717) is 31.7 Å². The molecule has 0 aromatic carbocycles. The van der Waals surface area contributed by atoms with E-state index < -0.39 is 11.4 Å². The minimum Gasteiger partial charge on any atom is -0.481 e. The van der Waals surface area contributed by atoms with Crippen LogP contribution in [0, 0.1) is 11.3 Å². The van der Waals surface area contributed by atoms with E-state index in [1.165, 1.54) is 25.7 Å². The number of amides is 1. The number of nitrogens with one attached hydrogen (secondary N) is 1. The standard InChI is InChI=1S/C17H29NO3/c19-15(12-14-8-4-1-2-5-9-14)18-13-17(16(20)21)10-6-3-7-11-17/h14H,1-13H2,(H,18,19)(H,20,21). The van der Waals surface area contributed by atoms with Crippen LogP contribution in [-0.2, 0) is 9.59 Å². The van der Waals surface area contributed by atoms with Gasteiger partial charge in [0.15, 0.2) is 0 Å². The molecule has 2 fully saturated rings. The molecule has 1 amide bonds. The lowest BCUT2D eigenvalue weighted by molar-refractivity contribution is -0.151. The van der Waals surface area contributed by atoms with Crippen LogP contribution in [0.25, 0.3) is 0 Å². The number of carbonyl (C=O) groups is 2. The summed E-state index contributed by atoms with van der Waals surface area (Å²) in [6.07, 6.45) is 12.4. The highest BCUT2D eigenvalue weighted by Gasteiger charge is 2.39. The molecule has 4 heteroatoms. The van der Waals surface area contributed by atoms with E-state index in [4.69, 9.17) is 0 Å². The Morgan fingerprint density at radius 2 is 1.52 bits per heavy atom. The summed E-state index contributed by atoms with van der Waals surface area (Å²) in [7, 11) is 0. The molecule has 21 heavy (non-hydrogen) atoms. The quantitative estimate of drug-likeness (QED) is 0.763. The van der Waals surface area contributed by atoms with Crippen molar-refractivity contribution in [1.82, 2.24) is 5.32 Å². The molecule has 2 N–H and O–H groups in total. The van der Waals surface area contributed by atoms with Gasteiger partial charge in [-0.2, -0.15) is 0 Å². The van der Waals surface area contributed by atoms with Gasteiger partial charge in [-0.1, -0.05) is 44.9 Å². The fraction of sp³-hybridized carbons (Fsp3) is 0.882. The van der Waals surface area contributed by atoms with Crippen molar-refractivity contribution in [3.8, 4) is 0 Å². The van der Waals surface area contributed by atoms with Crippen LogP contribution in [0.2, 0.25) is 0 Å². The molecule has 0 heterocycles. The number of aliphatic carboxylic acids is 1. The first-order chi connectivity index (χ1) is 10.1. The van der Waals surface area contributed by atoms with Crippen molar-refractivity contribution >= 4 is 11.9 Å². The van der Waals surface area contributed by atoms with Gasteiger partial charge in [0.25, 0.3) is 0 Å². The Balaban J connectivity index is 1.79. The summed E-state index contributed by atoms with van der Waals surface area (Å²) in [5.74, 6) is -0.190. The maximum Gasteiger partial charge on any atom is 0.311 e. The van der Waals surface area contributed by atoms with Gasteiger partial charge < -0.3 is 10.4 Å². The first-order valence-corrected chi connectivity index (χ1v) is 8.62. The van der Waals surface area contributed by atoms with Crippen LogP contribution >= 0.6 is 0 Å². The predicted octanol–water partition coefficient (Wildman–Crippen LogP) is 3.50. The van der Waals surface area contributed by atoms with Crippen LogP contribution in [0.1, 0.15) is 77.0 Å². The van der Waals surface area contributed by atoms with Crippen molar-refractivity contribution in [3.05, 3.63) is 0 Å². The number of carboxylic acids is 1. The van der Waals surface area contributed by atoms with E-state index in [1.807, 2.05) is 0 Å². The van der Waals surface area contributed by atoms with Crippen LogP contribution in [0.5, 0.6) is 0 Å². The zero-order chi connectivity index (χ0) is 15.1. The second-order valence-corrected chi connectivity index (χ2v) is 6.98. The van der Waals surface area contributed by atoms with Gasteiger partial charge in [0, 0.05) is 13.0 Å². The van der Waals surface area contributed by atoms with E-state index in [1.54, 1.807) is 0 Å². The maximum absolute atomic E-state index is 12.1. The monoisotopic (exact) mass is 295 g/mol. The van der Waals surface area contributed by atoms with Crippen LogP contribution in [0.4, 0.5) is 0 Å². The SMILES string of the molecule is O=C(CC1CCCCCC1)NCC1(C(=O)O)CCCCC1. The molecule has 2 aliphatic carbocycles. The van der Waals surface area contributed by atoms with Gasteiger partial charge in [-0.05, 0) is 31.6 Å². The van der Waals surface area contributed by atoms with Crippen molar-refractivity contribution < 1.29 is 14.7 Å². The van der Waals surface area contributed by atoms with Gasteiger partial charge in [-0.3, -0.25) is 9.59 Å². The fourth-order valence-corrected chi connectivity index (χ4v) is 3.86. The number of rotatable bonds is 5. The predicted molar refractivity (Wildman–Crippen MR) is 82.0 cm³/mol. The zero-order valence-electron chi connectivity index (χ0n) is 13.0. The van der Waals surface area contributed by atoms with Crippen molar-refractivity contribution in [3.63, 3.8) is 0 Å². The van der Waals surface area contributed by atoms with E-state index >= 15 is 0 Å². The van der Waals surface area contributed by atoms with Gasteiger partial charge in [0.2, 0.25) is 5.91 Å². The lowest BCUT2D eigenvalue weighted by Gasteiger charge is -2.33. The number of hydrogen-bond acceptors (Lipinski definition) is 2. The molecule has 4 nitrogen and oxygen atoms in total. The van der Waals surface area contributed by atoms with Crippen molar-refractivity contribution in [1.29, 1.82) is 0 Å². The Bertz CT molecular complexity index is 353. The highest BCUT2D eigenvalue weighted by Crippen LogP contribution is 2.36. The van der Waals surface area contributed by atoms with Crippen molar-refractivity contribution in [2.45, 2.75) is 77.0 Å². The van der Waals surface area contributed by atoms with Gasteiger partial charge in [0.1, 0.15) is 0 Å². The molecule has 0 bridgehead atoms. The minimum atomic E-state index is -0.739. The highest BCUT2D eigenvalue weighted by atomic mass is 16.4. The van der Waals surface area contributed by atoms with Crippen LogP contribution in [0.15, 0.2) is 0 Å². The fourth-order valence-electron chi connectivity index (χ4n) is 3.86.